The first-order valence-electron chi connectivity index (χ1n) is 10.4. The van der Waals surface area contributed by atoms with Gasteiger partial charge in [-0.15, -0.1) is 0 Å². The molecule has 33 heavy (non-hydrogen) atoms. The molecule has 3 aromatic rings. The van der Waals surface area contributed by atoms with Crippen molar-refractivity contribution in [3.63, 3.8) is 0 Å². The van der Waals surface area contributed by atoms with Crippen LogP contribution in [0, 0.1) is 18.6 Å². The largest absolute Gasteiger partial charge is 0.396 e. The number of aliphatic hydroxyl groups excluding tert-OH is 1. The Balaban J connectivity index is 1.61. The molecule has 0 saturated carbocycles. The minimum absolute atomic E-state index is 0.121. The summed E-state index contributed by atoms with van der Waals surface area (Å²) in [6.07, 6.45) is 3.08. The Morgan fingerprint density at radius 3 is 2.55 bits per heavy atom. The minimum Gasteiger partial charge on any atom is -0.396 e. The quantitative estimate of drug-likeness (QED) is 0.315. The summed E-state index contributed by atoms with van der Waals surface area (Å²) >= 11 is 0. The Morgan fingerprint density at radius 2 is 1.85 bits per heavy atom. The summed E-state index contributed by atoms with van der Waals surface area (Å²) in [5.74, 6) is -1.76. The van der Waals surface area contributed by atoms with Crippen LogP contribution in [0.3, 0.4) is 0 Å². The van der Waals surface area contributed by atoms with Gasteiger partial charge in [0.1, 0.15) is 11.6 Å². The van der Waals surface area contributed by atoms with E-state index in [2.05, 4.69) is 25.9 Å². The summed E-state index contributed by atoms with van der Waals surface area (Å²) in [5.41, 5.74) is 1.45. The monoisotopic (exact) mass is 457 g/mol. The molecule has 1 aromatic heterocycles. The smallest absolute Gasteiger partial charge is 0.326 e. The number of unbranched alkanes of at least 4 members (excludes halogenated alkanes) is 1. The zero-order valence-corrected chi connectivity index (χ0v) is 18.0. The molecule has 0 atom stereocenters. The number of hydrogen-bond acceptors (Lipinski definition) is 5. The van der Waals surface area contributed by atoms with Gasteiger partial charge in [-0.25, -0.2) is 13.6 Å². The van der Waals surface area contributed by atoms with Gasteiger partial charge in [-0.2, -0.15) is 4.98 Å². The molecule has 2 amide bonds. The Morgan fingerprint density at radius 1 is 1.09 bits per heavy atom. The van der Waals surface area contributed by atoms with Crippen LogP contribution in [0.15, 0.2) is 47.4 Å². The lowest BCUT2D eigenvalue weighted by Gasteiger charge is -2.10. The van der Waals surface area contributed by atoms with E-state index in [4.69, 9.17) is 5.11 Å². The van der Waals surface area contributed by atoms with E-state index in [1.165, 1.54) is 13.1 Å². The van der Waals surface area contributed by atoms with Crippen LogP contribution >= 0.6 is 0 Å². The standard InChI is InChI=1S/C23H25F2N5O3/c1-14-10-20(19(25)11-18(14)24)28-23(33)30-22-27-13-17(21(32)29-22)16-6-4-15(5-7-16)12-26-8-2-3-9-31/h4-7,10-11,13,26,31H,2-3,8-9,12H2,1H3,(H3,27,28,29,30,32,33). The van der Waals surface area contributed by atoms with Crippen molar-refractivity contribution in [3.8, 4) is 11.1 Å². The van der Waals surface area contributed by atoms with Crippen LogP contribution in [0.5, 0.6) is 0 Å². The number of H-pyrrole nitrogens is 1. The van der Waals surface area contributed by atoms with Gasteiger partial charge in [-0.1, -0.05) is 24.3 Å². The lowest BCUT2D eigenvalue weighted by Crippen LogP contribution is -2.24. The molecule has 0 aliphatic heterocycles. The van der Waals surface area contributed by atoms with Gasteiger partial charge in [0.15, 0.2) is 0 Å². The van der Waals surface area contributed by atoms with Crippen molar-refractivity contribution in [2.75, 3.05) is 23.8 Å². The average molecular weight is 457 g/mol. The van der Waals surface area contributed by atoms with Crippen LogP contribution < -0.4 is 21.5 Å². The maximum absolute atomic E-state index is 13.8. The lowest BCUT2D eigenvalue weighted by molar-refractivity contribution is 0.262. The van der Waals surface area contributed by atoms with Crippen LogP contribution in [0.2, 0.25) is 0 Å². The number of aryl methyl sites for hydroxylation is 1. The summed E-state index contributed by atoms with van der Waals surface area (Å²) in [6, 6.07) is 8.40. The number of benzene rings is 2. The van der Waals surface area contributed by atoms with Gasteiger partial charge < -0.3 is 20.7 Å². The predicted molar refractivity (Wildman–Crippen MR) is 122 cm³/mol. The molecule has 0 unspecified atom stereocenters. The number of halogens is 2. The summed E-state index contributed by atoms with van der Waals surface area (Å²) in [7, 11) is 0. The fourth-order valence-corrected chi connectivity index (χ4v) is 3.08. The number of carbonyl (C=O) groups excluding carboxylic acids is 1. The van der Waals surface area contributed by atoms with E-state index in [1.807, 2.05) is 12.1 Å². The predicted octanol–water partition coefficient (Wildman–Crippen LogP) is 3.53. The van der Waals surface area contributed by atoms with E-state index in [-0.39, 0.29) is 23.8 Å². The maximum atomic E-state index is 13.8. The van der Waals surface area contributed by atoms with Crippen LogP contribution in [0.4, 0.5) is 25.2 Å². The Kier molecular flexibility index (Phi) is 8.22. The van der Waals surface area contributed by atoms with Crippen LogP contribution in [0.1, 0.15) is 24.0 Å². The van der Waals surface area contributed by atoms with E-state index in [9.17, 15) is 18.4 Å². The SMILES string of the molecule is Cc1cc(NC(=O)Nc2nc(=O)c(-c3ccc(CNCCCCO)cc3)c[nH]2)c(F)cc1F. The molecule has 0 bridgehead atoms. The van der Waals surface area contributed by atoms with E-state index < -0.39 is 23.2 Å². The number of nitrogens with zero attached hydrogens (tertiary/aromatic N) is 1. The van der Waals surface area contributed by atoms with Crippen molar-refractivity contribution >= 4 is 17.7 Å². The third-order valence-electron chi connectivity index (χ3n) is 4.88. The highest BCUT2D eigenvalue weighted by Crippen LogP contribution is 2.19. The molecule has 0 saturated heterocycles. The highest BCUT2D eigenvalue weighted by Gasteiger charge is 2.12. The molecule has 0 fully saturated rings. The maximum Gasteiger partial charge on any atom is 0.326 e. The van der Waals surface area contributed by atoms with E-state index in [0.29, 0.717) is 23.7 Å². The number of carbonyl (C=O) groups is 1. The van der Waals surface area contributed by atoms with Crippen molar-refractivity contribution in [1.82, 2.24) is 15.3 Å². The van der Waals surface area contributed by atoms with Crippen LogP contribution in [-0.2, 0) is 6.54 Å². The van der Waals surface area contributed by atoms with Crippen LogP contribution in [0.25, 0.3) is 11.1 Å². The molecule has 1 heterocycles. The van der Waals surface area contributed by atoms with Crippen molar-refractivity contribution in [2.45, 2.75) is 26.3 Å². The second-order valence-corrected chi connectivity index (χ2v) is 7.43. The number of aromatic amines is 1. The summed E-state index contributed by atoms with van der Waals surface area (Å²) in [5, 5.41) is 16.6. The van der Waals surface area contributed by atoms with Crippen molar-refractivity contribution in [1.29, 1.82) is 0 Å². The van der Waals surface area contributed by atoms with Gasteiger partial charge in [-0.05, 0) is 49.1 Å². The fraction of sp³-hybridized carbons (Fsp3) is 0.261. The number of aromatic nitrogens is 2. The van der Waals surface area contributed by atoms with Gasteiger partial charge in [0, 0.05) is 25.4 Å². The molecule has 0 aliphatic rings. The second-order valence-electron chi connectivity index (χ2n) is 7.43. The van der Waals surface area contributed by atoms with Crippen molar-refractivity contribution in [3.05, 3.63) is 75.7 Å². The van der Waals surface area contributed by atoms with Gasteiger partial charge in [0.25, 0.3) is 5.56 Å². The van der Waals surface area contributed by atoms with Gasteiger partial charge >= 0.3 is 6.03 Å². The molecule has 0 aliphatic carbocycles. The average Bonchev–Trinajstić information content (AvgIpc) is 2.78. The summed E-state index contributed by atoms with van der Waals surface area (Å²) < 4.78 is 27.2. The molecule has 8 nitrogen and oxygen atoms in total. The number of nitrogens with one attached hydrogen (secondary N) is 4. The Labute approximate surface area is 189 Å². The van der Waals surface area contributed by atoms with E-state index in [1.54, 1.807) is 12.1 Å². The van der Waals surface area contributed by atoms with Crippen molar-refractivity contribution < 1.29 is 18.7 Å². The number of rotatable bonds is 9. The third kappa shape index (κ3) is 6.67. The number of hydrogen-bond donors (Lipinski definition) is 5. The van der Waals surface area contributed by atoms with Gasteiger partial charge in [0.05, 0.1) is 11.3 Å². The van der Waals surface area contributed by atoms with E-state index in [0.717, 1.165) is 31.0 Å². The summed E-state index contributed by atoms with van der Waals surface area (Å²) in [4.78, 5) is 31.1. The number of aliphatic hydroxyl groups is 1. The molecule has 10 heteroatoms. The van der Waals surface area contributed by atoms with Gasteiger partial charge in [0.2, 0.25) is 5.95 Å². The number of anilines is 2. The Hall–Kier alpha value is -3.63. The third-order valence-corrected chi connectivity index (χ3v) is 4.88. The van der Waals surface area contributed by atoms with Crippen molar-refractivity contribution in [2.24, 2.45) is 0 Å². The van der Waals surface area contributed by atoms with Gasteiger partial charge in [-0.3, -0.25) is 10.1 Å². The molecule has 0 spiro atoms. The molecule has 0 radical (unpaired) electrons. The highest BCUT2D eigenvalue weighted by molar-refractivity contribution is 5.98. The summed E-state index contributed by atoms with van der Waals surface area (Å²) in [6.45, 7) is 3.11. The normalized spacial score (nSPS) is 10.8. The molecular weight excluding hydrogens is 432 g/mol. The fourth-order valence-electron chi connectivity index (χ4n) is 3.08. The Bertz CT molecular complexity index is 1170. The number of amides is 2. The first kappa shape index (κ1) is 24.0. The molecule has 174 valence electrons. The highest BCUT2D eigenvalue weighted by atomic mass is 19.1. The first-order chi connectivity index (χ1) is 15.9. The zero-order valence-electron chi connectivity index (χ0n) is 18.0. The minimum atomic E-state index is -0.922. The molecule has 2 aromatic carbocycles. The topological polar surface area (TPSA) is 119 Å². The van der Waals surface area contributed by atoms with Crippen LogP contribution in [-0.4, -0.2) is 34.3 Å². The van der Waals surface area contributed by atoms with E-state index >= 15 is 0 Å². The molecular formula is C23H25F2N5O3. The zero-order chi connectivity index (χ0) is 23.8. The number of urea groups is 1. The molecule has 5 N–H and O–H groups in total. The second kappa shape index (κ2) is 11.3. The first-order valence-corrected chi connectivity index (χ1v) is 10.4. The molecule has 3 rings (SSSR count). The lowest BCUT2D eigenvalue weighted by atomic mass is 10.1.